The minimum atomic E-state index is -0.614. The molecule has 3 rings (SSSR count). The standard InChI is InChI=1S/C12H10O5/c1-15-5-3-6-8(7(4-5)16-2)10(14)12-11(17-12)9(6)13/h3-4,11-12H,1-2H3. The Balaban J connectivity index is 2.24. The average Bonchev–Trinajstić information content (AvgIpc) is 3.14. The highest BCUT2D eigenvalue weighted by molar-refractivity contribution is 6.22. The van der Waals surface area contributed by atoms with Crippen LogP contribution in [0.1, 0.15) is 20.7 Å². The van der Waals surface area contributed by atoms with E-state index in [1.165, 1.54) is 14.2 Å². The summed E-state index contributed by atoms with van der Waals surface area (Å²) >= 11 is 0. The van der Waals surface area contributed by atoms with Crippen LogP contribution in [-0.4, -0.2) is 38.0 Å². The third-order valence-corrected chi connectivity index (χ3v) is 3.05. The average molecular weight is 234 g/mol. The molecule has 1 saturated heterocycles. The largest absolute Gasteiger partial charge is 0.497 e. The van der Waals surface area contributed by atoms with Gasteiger partial charge in [0.05, 0.1) is 19.8 Å². The van der Waals surface area contributed by atoms with E-state index < -0.39 is 12.2 Å². The lowest BCUT2D eigenvalue weighted by Crippen LogP contribution is -2.26. The zero-order valence-corrected chi connectivity index (χ0v) is 9.35. The van der Waals surface area contributed by atoms with Gasteiger partial charge in [-0.3, -0.25) is 9.59 Å². The first-order valence-electron chi connectivity index (χ1n) is 5.17. The summed E-state index contributed by atoms with van der Waals surface area (Å²) in [6.07, 6.45) is -1.22. The quantitative estimate of drug-likeness (QED) is 0.710. The molecule has 0 amide bonds. The molecule has 0 spiro atoms. The van der Waals surface area contributed by atoms with Gasteiger partial charge in [0, 0.05) is 11.6 Å². The van der Waals surface area contributed by atoms with Crippen LogP contribution >= 0.6 is 0 Å². The number of methoxy groups -OCH3 is 2. The molecule has 17 heavy (non-hydrogen) atoms. The van der Waals surface area contributed by atoms with E-state index in [-0.39, 0.29) is 11.6 Å². The van der Waals surface area contributed by atoms with Crippen LogP contribution in [0.4, 0.5) is 0 Å². The van der Waals surface area contributed by atoms with E-state index in [9.17, 15) is 9.59 Å². The van der Waals surface area contributed by atoms with Gasteiger partial charge in [0.1, 0.15) is 11.5 Å². The molecule has 5 nitrogen and oxygen atoms in total. The van der Waals surface area contributed by atoms with Gasteiger partial charge in [-0.05, 0) is 6.07 Å². The highest BCUT2D eigenvalue weighted by Crippen LogP contribution is 2.41. The fraction of sp³-hybridized carbons (Fsp3) is 0.333. The van der Waals surface area contributed by atoms with Crippen LogP contribution < -0.4 is 9.47 Å². The lowest BCUT2D eigenvalue weighted by molar-refractivity contribution is 0.0919. The van der Waals surface area contributed by atoms with E-state index in [0.29, 0.717) is 22.6 Å². The normalized spacial score (nSPS) is 25.1. The van der Waals surface area contributed by atoms with Crippen LogP contribution in [0.25, 0.3) is 0 Å². The second-order valence-electron chi connectivity index (χ2n) is 3.96. The van der Waals surface area contributed by atoms with Crippen molar-refractivity contribution >= 4 is 11.6 Å². The molecule has 2 atom stereocenters. The number of epoxide rings is 1. The van der Waals surface area contributed by atoms with Crippen molar-refractivity contribution < 1.29 is 23.8 Å². The number of hydrogen-bond donors (Lipinski definition) is 0. The zero-order valence-electron chi connectivity index (χ0n) is 9.35. The van der Waals surface area contributed by atoms with E-state index >= 15 is 0 Å². The molecule has 1 aliphatic carbocycles. The second-order valence-corrected chi connectivity index (χ2v) is 3.96. The van der Waals surface area contributed by atoms with Gasteiger partial charge in [0.15, 0.2) is 23.8 Å². The molecule has 88 valence electrons. The minimum absolute atomic E-state index is 0.179. The van der Waals surface area contributed by atoms with E-state index in [4.69, 9.17) is 14.2 Å². The van der Waals surface area contributed by atoms with E-state index in [1.807, 2.05) is 0 Å². The van der Waals surface area contributed by atoms with Gasteiger partial charge in [-0.15, -0.1) is 0 Å². The van der Waals surface area contributed by atoms with E-state index in [2.05, 4.69) is 0 Å². The molecule has 1 aromatic rings. The number of ether oxygens (including phenoxy) is 3. The smallest absolute Gasteiger partial charge is 0.199 e. The van der Waals surface area contributed by atoms with Gasteiger partial charge in [-0.2, -0.15) is 0 Å². The molecule has 0 saturated carbocycles. The van der Waals surface area contributed by atoms with Crippen LogP contribution in [0.15, 0.2) is 12.1 Å². The first kappa shape index (κ1) is 10.3. The summed E-state index contributed by atoms with van der Waals surface area (Å²) in [7, 11) is 2.94. The van der Waals surface area contributed by atoms with Crippen LogP contribution in [0.3, 0.4) is 0 Å². The van der Waals surface area contributed by atoms with Crippen molar-refractivity contribution in [3.63, 3.8) is 0 Å². The molecule has 2 aliphatic rings. The molecule has 0 N–H and O–H groups in total. The first-order chi connectivity index (χ1) is 8.17. The van der Waals surface area contributed by atoms with Gasteiger partial charge in [0.2, 0.25) is 0 Å². The molecule has 2 unspecified atom stereocenters. The summed E-state index contributed by atoms with van der Waals surface area (Å²) in [4.78, 5) is 23.9. The highest BCUT2D eigenvalue weighted by Gasteiger charge is 2.56. The molecular weight excluding hydrogens is 224 g/mol. The maximum atomic E-state index is 12.0. The zero-order chi connectivity index (χ0) is 12.2. The van der Waals surface area contributed by atoms with Crippen molar-refractivity contribution in [1.29, 1.82) is 0 Å². The molecule has 0 radical (unpaired) electrons. The van der Waals surface area contributed by atoms with Gasteiger partial charge in [-0.1, -0.05) is 0 Å². The number of carbonyl (C=O) groups is 2. The lowest BCUT2D eigenvalue weighted by Gasteiger charge is -2.15. The summed E-state index contributed by atoms with van der Waals surface area (Å²) in [5, 5.41) is 0. The minimum Gasteiger partial charge on any atom is -0.497 e. The fourth-order valence-corrected chi connectivity index (χ4v) is 2.12. The Kier molecular flexibility index (Phi) is 2.00. The van der Waals surface area contributed by atoms with Gasteiger partial charge < -0.3 is 14.2 Å². The van der Waals surface area contributed by atoms with E-state index in [0.717, 1.165) is 0 Å². The third kappa shape index (κ3) is 1.29. The maximum Gasteiger partial charge on any atom is 0.199 e. The number of carbonyl (C=O) groups excluding carboxylic acids is 2. The summed E-state index contributed by atoms with van der Waals surface area (Å²) < 4.78 is 15.3. The molecule has 1 heterocycles. The Morgan fingerprint density at radius 3 is 2.41 bits per heavy atom. The molecule has 1 aliphatic heterocycles. The maximum absolute atomic E-state index is 12.0. The van der Waals surface area contributed by atoms with Gasteiger partial charge >= 0.3 is 0 Å². The van der Waals surface area contributed by atoms with Crippen LogP contribution in [0.5, 0.6) is 11.5 Å². The molecular formula is C12H10O5. The van der Waals surface area contributed by atoms with Crippen LogP contribution in [0.2, 0.25) is 0 Å². The van der Waals surface area contributed by atoms with Crippen molar-refractivity contribution in [3.05, 3.63) is 23.3 Å². The Morgan fingerprint density at radius 1 is 1.06 bits per heavy atom. The monoisotopic (exact) mass is 234 g/mol. The van der Waals surface area contributed by atoms with Gasteiger partial charge in [0.25, 0.3) is 0 Å². The summed E-state index contributed by atoms with van der Waals surface area (Å²) in [6.45, 7) is 0. The fourth-order valence-electron chi connectivity index (χ4n) is 2.12. The van der Waals surface area contributed by atoms with Crippen LogP contribution in [-0.2, 0) is 4.74 Å². The van der Waals surface area contributed by atoms with Crippen molar-refractivity contribution in [2.75, 3.05) is 14.2 Å². The SMILES string of the molecule is COc1cc(OC)c2c(c1)C(=O)C1OC1C2=O. The van der Waals surface area contributed by atoms with Crippen LogP contribution in [0, 0.1) is 0 Å². The van der Waals surface area contributed by atoms with Crippen molar-refractivity contribution in [3.8, 4) is 11.5 Å². The molecule has 5 heteroatoms. The Bertz CT molecular complexity index is 534. The number of rotatable bonds is 2. The Hall–Kier alpha value is -1.88. The predicted molar refractivity (Wildman–Crippen MR) is 56.9 cm³/mol. The molecule has 1 aromatic carbocycles. The van der Waals surface area contributed by atoms with E-state index in [1.54, 1.807) is 12.1 Å². The number of Topliss-reactive ketones (excluding diaryl/α,β-unsaturated/α-hetero) is 2. The third-order valence-electron chi connectivity index (χ3n) is 3.05. The second kappa shape index (κ2) is 3.30. The topological polar surface area (TPSA) is 65.1 Å². The lowest BCUT2D eigenvalue weighted by atomic mass is 9.88. The Morgan fingerprint density at radius 2 is 1.76 bits per heavy atom. The number of ketones is 2. The van der Waals surface area contributed by atoms with Crippen molar-refractivity contribution in [2.24, 2.45) is 0 Å². The molecule has 0 aromatic heterocycles. The summed E-state index contributed by atoms with van der Waals surface area (Å²) in [5.74, 6) is 0.471. The predicted octanol–water partition coefficient (Wildman–Crippen LogP) is 0.850. The number of hydrogen-bond acceptors (Lipinski definition) is 5. The summed E-state index contributed by atoms with van der Waals surface area (Å²) in [6, 6.07) is 3.14. The van der Waals surface area contributed by atoms with Crippen molar-refractivity contribution in [1.82, 2.24) is 0 Å². The molecule has 0 bridgehead atoms. The van der Waals surface area contributed by atoms with Crippen molar-refractivity contribution in [2.45, 2.75) is 12.2 Å². The first-order valence-corrected chi connectivity index (χ1v) is 5.17. The molecule has 1 fully saturated rings. The van der Waals surface area contributed by atoms with Gasteiger partial charge in [-0.25, -0.2) is 0 Å². The summed E-state index contributed by atoms with van der Waals surface area (Å²) in [5.41, 5.74) is 0.627. The highest BCUT2D eigenvalue weighted by atomic mass is 16.6. The number of benzene rings is 1. The Labute approximate surface area is 97.3 Å². The number of fused-ring (bicyclic) bond motifs is 2.